The van der Waals surface area contributed by atoms with Gasteiger partial charge in [0.1, 0.15) is 16.9 Å². The second-order valence-corrected chi connectivity index (χ2v) is 13.7. The maximum Gasteiger partial charge on any atom is 0.267 e. The van der Waals surface area contributed by atoms with Crippen LogP contribution >= 0.6 is 0 Å². The van der Waals surface area contributed by atoms with E-state index < -0.39 is 34.6 Å². The molecule has 0 spiro atoms. The van der Waals surface area contributed by atoms with E-state index in [4.69, 9.17) is 0 Å². The van der Waals surface area contributed by atoms with Gasteiger partial charge in [0.25, 0.3) is 23.3 Å². The van der Waals surface area contributed by atoms with Crippen molar-refractivity contribution in [3.63, 3.8) is 0 Å². The number of rotatable bonds is 16. The number of hydrogen-bond acceptors (Lipinski definition) is 8. The van der Waals surface area contributed by atoms with Gasteiger partial charge in [-0.15, -0.1) is 0 Å². The van der Waals surface area contributed by atoms with E-state index in [-0.39, 0.29) is 59.4 Å². The molecule has 2 saturated heterocycles. The van der Waals surface area contributed by atoms with E-state index in [0.717, 1.165) is 18.4 Å². The molecule has 2 aromatic heterocycles. The average Bonchev–Trinajstić information content (AvgIpc) is 3.80. The highest BCUT2D eigenvalue weighted by atomic mass is 19.1. The zero-order valence-corrected chi connectivity index (χ0v) is 30.4. The zero-order chi connectivity index (χ0) is 38.9. The van der Waals surface area contributed by atoms with Crippen LogP contribution in [0, 0.1) is 5.82 Å². The number of carbonyl (C=O) groups is 5. The predicted octanol–water partition coefficient (Wildman–Crippen LogP) is 2.75. The standard InChI is InChI=1S/C40H44FN7O7/c41-28-13-11-26(12-14-28)23-27-24-31-35(45-25-27)36(51)34(39(54)43-16-6-21-47-19-4-10-33(47)50)40(55)48(31)22-17-44-38(53)30-8-2-1-7-29(30)37(52)42-15-5-20-46-18-3-9-32(46)49/h1-2,7-8,11-14,24-25,51H,3-6,9-10,15-23H2,(H,42,52)(H,43,54)(H,44,53). The van der Waals surface area contributed by atoms with Gasteiger partial charge in [-0.1, -0.05) is 24.3 Å². The van der Waals surface area contributed by atoms with Gasteiger partial charge in [-0.2, -0.15) is 0 Å². The summed E-state index contributed by atoms with van der Waals surface area (Å²) in [5.41, 5.74) is 0.617. The maximum atomic E-state index is 14.0. The SMILES string of the molecule is O=C(NCCCN1CCCC1=O)c1ccccc1C(=O)NCCn1c(=O)c(C(=O)NCCCN2CCCC2=O)c(O)c2ncc(Cc3ccc(F)cc3)cc21. The van der Waals surface area contributed by atoms with Crippen molar-refractivity contribution in [2.75, 3.05) is 45.8 Å². The molecule has 2 aliphatic rings. The van der Waals surface area contributed by atoms with Gasteiger partial charge in [0.05, 0.1) is 16.6 Å². The highest BCUT2D eigenvalue weighted by Crippen LogP contribution is 2.26. The number of halogens is 1. The Bertz CT molecular complexity index is 2150. The van der Waals surface area contributed by atoms with Crippen molar-refractivity contribution in [3.05, 3.63) is 105 Å². The molecule has 0 bridgehead atoms. The van der Waals surface area contributed by atoms with Crippen LogP contribution in [-0.2, 0) is 22.6 Å². The molecule has 5 amide bonds. The number of likely N-dealkylation sites (tertiary alicyclic amines) is 2. The van der Waals surface area contributed by atoms with E-state index in [1.807, 2.05) is 0 Å². The van der Waals surface area contributed by atoms with Gasteiger partial charge in [-0.25, -0.2) is 4.39 Å². The largest absolute Gasteiger partial charge is 0.505 e. The van der Waals surface area contributed by atoms with Crippen molar-refractivity contribution in [2.24, 2.45) is 0 Å². The molecule has 15 heteroatoms. The Kier molecular flexibility index (Phi) is 12.5. The van der Waals surface area contributed by atoms with Crippen LogP contribution in [-0.4, -0.2) is 99.8 Å². The Morgan fingerprint density at radius 3 is 1.85 bits per heavy atom. The average molecular weight is 754 g/mol. The third-order valence-corrected chi connectivity index (χ3v) is 9.84. The van der Waals surface area contributed by atoms with Crippen molar-refractivity contribution >= 4 is 40.6 Å². The molecular formula is C40H44FN7O7. The Morgan fingerprint density at radius 2 is 1.29 bits per heavy atom. The number of benzene rings is 2. The Hall–Kier alpha value is -6.12. The summed E-state index contributed by atoms with van der Waals surface area (Å²) in [5.74, 6) is -2.61. The molecule has 55 heavy (non-hydrogen) atoms. The third-order valence-electron chi connectivity index (χ3n) is 9.84. The number of aromatic hydroxyl groups is 1. The van der Waals surface area contributed by atoms with Gasteiger partial charge in [0.15, 0.2) is 5.75 Å². The molecule has 0 aliphatic carbocycles. The van der Waals surface area contributed by atoms with E-state index in [1.165, 1.54) is 35.0 Å². The van der Waals surface area contributed by atoms with Gasteiger partial charge >= 0.3 is 0 Å². The molecule has 2 aromatic carbocycles. The van der Waals surface area contributed by atoms with Crippen molar-refractivity contribution in [1.29, 1.82) is 0 Å². The number of nitrogens with zero attached hydrogens (tertiary/aromatic N) is 4. The Morgan fingerprint density at radius 1 is 0.727 bits per heavy atom. The summed E-state index contributed by atoms with van der Waals surface area (Å²) in [6.07, 6.45) is 5.54. The lowest BCUT2D eigenvalue weighted by Gasteiger charge is -2.17. The van der Waals surface area contributed by atoms with Crippen molar-refractivity contribution < 1.29 is 33.5 Å². The fraction of sp³-hybridized carbons (Fsp3) is 0.375. The number of pyridine rings is 2. The number of carbonyl (C=O) groups excluding carboxylic acids is 5. The molecule has 14 nitrogen and oxygen atoms in total. The highest BCUT2D eigenvalue weighted by molar-refractivity contribution is 6.07. The minimum atomic E-state index is -0.806. The molecule has 288 valence electrons. The van der Waals surface area contributed by atoms with Crippen LogP contribution in [0.5, 0.6) is 5.75 Å². The van der Waals surface area contributed by atoms with Gasteiger partial charge in [-0.05, 0) is 73.6 Å². The first-order valence-electron chi connectivity index (χ1n) is 18.6. The normalized spacial score (nSPS) is 14.1. The predicted molar refractivity (Wildman–Crippen MR) is 201 cm³/mol. The first-order chi connectivity index (χ1) is 26.6. The second kappa shape index (κ2) is 17.8. The Labute approximate surface area is 316 Å². The van der Waals surface area contributed by atoms with Gasteiger partial charge in [0, 0.05) is 71.4 Å². The molecule has 4 N–H and O–H groups in total. The summed E-state index contributed by atoms with van der Waals surface area (Å²) in [6, 6.07) is 13.9. The van der Waals surface area contributed by atoms with Crippen LogP contribution in [0.4, 0.5) is 4.39 Å². The van der Waals surface area contributed by atoms with Crippen LogP contribution in [0.2, 0.25) is 0 Å². The van der Waals surface area contributed by atoms with E-state index in [9.17, 15) is 38.3 Å². The van der Waals surface area contributed by atoms with Crippen LogP contribution in [0.3, 0.4) is 0 Å². The summed E-state index contributed by atoms with van der Waals surface area (Å²) < 4.78 is 14.8. The molecule has 6 rings (SSSR count). The molecule has 0 atom stereocenters. The van der Waals surface area contributed by atoms with Gasteiger partial charge in [0.2, 0.25) is 11.8 Å². The summed E-state index contributed by atoms with van der Waals surface area (Å²) in [4.78, 5) is 85.6. The molecule has 2 aliphatic heterocycles. The number of amides is 5. The minimum absolute atomic E-state index is 0.00212. The van der Waals surface area contributed by atoms with Gasteiger partial charge in [-0.3, -0.25) is 33.8 Å². The number of fused-ring (bicyclic) bond motifs is 1. The summed E-state index contributed by atoms with van der Waals surface area (Å²) in [5, 5.41) is 19.5. The fourth-order valence-electron chi connectivity index (χ4n) is 6.97. The molecule has 0 radical (unpaired) electrons. The number of nitrogens with one attached hydrogen (secondary N) is 3. The number of hydrogen-bond donors (Lipinski definition) is 4. The smallest absolute Gasteiger partial charge is 0.267 e. The van der Waals surface area contributed by atoms with Crippen molar-refractivity contribution in [3.8, 4) is 5.75 Å². The molecule has 2 fully saturated rings. The van der Waals surface area contributed by atoms with Crippen LogP contribution in [0.25, 0.3) is 11.0 Å². The first-order valence-corrected chi connectivity index (χ1v) is 18.6. The highest BCUT2D eigenvalue weighted by Gasteiger charge is 2.25. The summed E-state index contributed by atoms with van der Waals surface area (Å²) in [7, 11) is 0. The van der Waals surface area contributed by atoms with E-state index in [2.05, 4.69) is 20.9 Å². The molecule has 0 unspecified atom stereocenters. The molecular weight excluding hydrogens is 709 g/mol. The van der Waals surface area contributed by atoms with E-state index in [0.29, 0.717) is 70.4 Å². The topological polar surface area (TPSA) is 183 Å². The lowest BCUT2D eigenvalue weighted by atomic mass is 10.1. The van der Waals surface area contributed by atoms with Crippen molar-refractivity contribution in [2.45, 2.75) is 51.5 Å². The van der Waals surface area contributed by atoms with Crippen LogP contribution in [0.15, 0.2) is 65.6 Å². The maximum absolute atomic E-state index is 14.0. The first kappa shape index (κ1) is 38.6. The number of aromatic nitrogens is 2. The van der Waals surface area contributed by atoms with Gasteiger partial charge < -0.3 is 35.4 Å². The zero-order valence-electron chi connectivity index (χ0n) is 30.4. The quantitative estimate of drug-likeness (QED) is 0.126. The van der Waals surface area contributed by atoms with E-state index >= 15 is 0 Å². The second-order valence-electron chi connectivity index (χ2n) is 13.7. The molecule has 4 aromatic rings. The lowest BCUT2D eigenvalue weighted by Crippen LogP contribution is -2.37. The van der Waals surface area contributed by atoms with Crippen LogP contribution < -0.4 is 21.5 Å². The molecule has 0 saturated carbocycles. The fourth-order valence-corrected chi connectivity index (χ4v) is 6.97. The Balaban J connectivity index is 1.18. The van der Waals surface area contributed by atoms with Crippen molar-refractivity contribution in [1.82, 2.24) is 35.3 Å². The third kappa shape index (κ3) is 9.34. The van der Waals surface area contributed by atoms with Crippen LogP contribution in [0.1, 0.15) is 80.7 Å². The van der Waals surface area contributed by atoms with E-state index in [1.54, 1.807) is 40.1 Å². The lowest BCUT2D eigenvalue weighted by molar-refractivity contribution is -0.128. The summed E-state index contributed by atoms with van der Waals surface area (Å²) >= 11 is 0. The summed E-state index contributed by atoms with van der Waals surface area (Å²) in [6.45, 7) is 2.64. The monoisotopic (exact) mass is 753 g/mol. The minimum Gasteiger partial charge on any atom is -0.505 e. The molecule has 4 heterocycles.